The second kappa shape index (κ2) is 8.65. The van der Waals surface area contributed by atoms with Gasteiger partial charge in [0.15, 0.2) is 15.9 Å². The van der Waals surface area contributed by atoms with E-state index in [1.807, 2.05) is 19.1 Å². The maximum Gasteiger partial charge on any atom is 0.184 e. The molecular weight excluding hydrogens is 332 g/mol. The second-order valence-electron chi connectivity index (χ2n) is 8.03. The predicted octanol–water partition coefficient (Wildman–Crippen LogP) is 0.275. The molecule has 2 fully saturated rings. The quantitative estimate of drug-likeness (QED) is 0.759. The molecule has 1 aromatic rings. The van der Waals surface area contributed by atoms with E-state index < -0.39 is 9.84 Å². The van der Waals surface area contributed by atoms with Crippen molar-refractivity contribution in [3.8, 4) is 0 Å². The Balaban J connectivity index is 1.74. The van der Waals surface area contributed by atoms with Crippen LogP contribution in [0, 0.1) is 6.92 Å². The summed E-state index contributed by atoms with van der Waals surface area (Å²) < 4.78 is 26.0. The SMILES string of the molecule is Cc1ccc(S(=O)(=O)C[C@H](C[NH+]2CCCCC2)[NH+]2CCCCC2)cc1. The van der Waals surface area contributed by atoms with E-state index in [9.17, 15) is 8.42 Å². The number of hydrogen-bond acceptors (Lipinski definition) is 2. The smallest absolute Gasteiger partial charge is 0.184 e. The molecule has 0 saturated carbocycles. The van der Waals surface area contributed by atoms with Crippen molar-refractivity contribution in [3.63, 3.8) is 0 Å². The van der Waals surface area contributed by atoms with Crippen LogP contribution in [0.1, 0.15) is 44.1 Å². The second-order valence-corrected chi connectivity index (χ2v) is 10.1. The highest BCUT2D eigenvalue weighted by atomic mass is 32.2. The molecule has 25 heavy (non-hydrogen) atoms. The van der Waals surface area contributed by atoms with E-state index in [0.717, 1.165) is 25.2 Å². The summed E-state index contributed by atoms with van der Waals surface area (Å²) in [5, 5.41) is 0. The van der Waals surface area contributed by atoms with E-state index >= 15 is 0 Å². The molecule has 0 aliphatic carbocycles. The monoisotopic (exact) mass is 366 g/mol. The zero-order valence-corrected chi connectivity index (χ0v) is 16.4. The van der Waals surface area contributed by atoms with Crippen LogP contribution in [0.3, 0.4) is 0 Å². The summed E-state index contributed by atoms with van der Waals surface area (Å²) in [5.41, 5.74) is 1.11. The van der Waals surface area contributed by atoms with Gasteiger partial charge in [0.2, 0.25) is 0 Å². The van der Waals surface area contributed by atoms with Crippen LogP contribution in [0.15, 0.2) is 29.2 Å². The minimum Gasteiger partial charge on any atom is -0.330 e. The fourth-order valence-corrected chi connectivity index (χ4v) is 6.07. The third kappa shape index (κ3) is 5.28. The molecule has 5 heteroatoms. The van der Waals surface area contributed by atoms with Crippen molar-refractivity contribution in [2.75, 3.05) is 38.5 Å². The van der Waals surface area contributed by atoms with Gasteiger partial charge in [-0.05, 0) is 57.6 Å². The molecule has 0 radical (unpaired) electrons. The van der Waals surface area contributed by atoms with Gasteiger partial charge in [0.05, 0.1) is 31.1 Å². The summed E-state index contributed by atoms with van der Waals surface area (Å²) in [6.07, 6.45) is 7.71. The molecule has 2 heterocycles. The van der Waals surface area contributed by atoms with E-state index in [0.29, 0.717) is 10.6 Å². The van der Waals surface area contributed by atoms with Crippen LogP contribution < -0.4 is 9.80 Å². The average molecular weight is 367 g/mol. The Morgan fingerprint density at radius 3 is 2.04 bits per heavy atom. The fourth-order valence-electron chi connectivity index (χ4n) is 4.45. The minimum absolute atomic E-state index is 0.236. The van der Waals surface area contributed by atoms with Gasteiger partial charge in [-0.2, -0.15) is 0 Å². The molecule has 0 bridgehead atoms. The van der Waals surface area contributed by atoms with E-state index in [-0.39, 0.29) is 6.04 Å². The summed E-state index contributed by atoms with van der Waals surface area (Å²) >= 11 is 0. The van der Waals surface area contributed by atoms with Crippen molar-refractivity contribution in [2.45, 2.75) is 56.4 Å². The lowest BCUT2D eigenvalue weighted by atomic mass is 10.1. The molecule has 2 saturated heterocycles. The number of quaternary nitrogens is 2. The van der Waals surface area contributed by atoms with Gasteiger partial charge in [0.1, 0.15) is 12.3 Å². The van der Waals surface area contributed by atoms with Crippen molar-refractivity contribution in [2.24, 2.45) is 0 Å². The minimum atomic E-state index is -3.21. The lowest BCUT2D eigenvalue weighted by Crippen LogP contribution is -3.24. The molecule has 0 unspecified atom stereocenters. The Hall–Kier alpha value is -0.910. The summed E-state index contributed by atoms with van der Waals surface area (Å²) in [6.45, 7) is 7.72. The van der Waals surface area contributed by atoms with Crippen molar-refractivity contribution in [1.29, 1.82) is 0 Å². The number of hydrogen-bond donors (Lipinski definition) is 2. The van der Waals surface area contributed by atoms with Crippen molar-refractivity contribution in [3.05, 3.63) is 29.8 Å². The van der Waals surface area contributed by atoms with Gasteiger partial charge < -0.3 is 9.80 Å². The number of sulfone groups is 1. The molecular formula is C20H34N2O2S+2. The molecule has 1 atom stereocenters. The van der Waals surface area contributed by atoms with Gasteiger partial charge in [0, 0.05) is 0 Å². The topological polar surface area (TPSA) is 43.0 Å². The van der Waals surface area contributed by atoms with Crippen molar-refractivity contribution in [1.82, 2.24) is 0 Å². The van der Waals surface area contributed by atoms with Crippen LogP contribution in [0.2, 0.25) is 0 Å². The van der Waals surface area contributed by atoms with E-state index in [4.69, 9.17) is 0 Å². The van der Waals surface area contributed by atoms with Gasteiger partial charge >= 0.3 is 0 Å². The zero-order chi connectivity index (χ0) is 17.7. The molecule has 2 aliphatic rings. The summed E-state index contributed by atoms with van der Waals surface area (Å²) in [5.74, 6) is 0.300. The van der Waals surface area contributed by atoms with E-state index in [2.05, 4.69) is 0 Å². The molecule has 2 N–H and O–H groups in total. The molecule has 0 spiro atoms. The van der Waals surface area contributed by atoms with E-state index in [1.54, 1.807) is 17.0 Å². The fraction of sp³-hybridized carbons (Fsp3) is 0.700. The van der Waals surface area contributed by atoms with Gasteiger partial charge in [-0.25, -0.2) is 8.42 Å². The Morgan fingerprint density at radius 1 is 0.880 bits per heavy atom. The number of piperidine rings is 2. The number of likely N-dealkylation sites (tertiary alicyclic amines) is 2. The number of rotatable bonds is 6. The highest BCUT2D eigenvalue weighted by Crippen LogP contribution is 2.13. The first-order chi connectivity index (χ1) is 12.0. The standard InChI is InChI=1S/C20H32N2O2S/c1-18-8-10-20(11-9-18)25(23,24)17-19(22-14-6-3-7-15-22)16-21-12-4-2-5-13-21/h8-11,19H,2-7,12-17H2,1H3/p+2/t19-/m0/s1. The Labute approximate surface area is 153 Å². The van der Waals surface area contributed by atoms with Gasteiger partial charge in [-0.1, -0.05) is 17.7 Å². The van der Waals surface area contributed by atoms with E-state index in [1.165, 1.54) is 56.5 Å². The van der Waals surface area contributed by atoms with Crippen LogP contribution in [0.4, 0.5) is 0 Å². The van der Waals surface area contributed by atoms with Crippen LogP contribution in [-0.4, -0.2) is 52.9 Å². The average Bonchev–Trinajstić information content (AvgIpc) is 2.63. The number of aryl methyl sites for hydroxylation is 1. The highest BCUT2D eigenvalue weighted by Gasteiger charge is 2.34. The van der Waals surface area contributed by atoms with Crippen molar-refractivity contribution < 1.29 is 18.2 Å². The maximum atomic E-state index is 13.0. The first-order valence-electron chi connectivity index (χ1n) is 10.0. The highest BCUT2D eigenvalue weighted by molar-refractivity contribution is 7.91. The van der Waals surface area contributed by atoms with Crippen LogP contribution in [-0.2, 0) is 9.84 Å². The molecule has 140 valence electrons. The Bertz CT molecular complexity index is 630. The summed E-state index contributed by atoms with van der Waals surface area (Å²) in [7, 11) is -3.21. The van der Waals surface area contributed by atoms with Crippen molar-refractivity contribution >= 4 is 9.84 Å². The first-order valence-corrected chi connectivity index (χ1v) is 11.7. The molecule has 3 rings (SSSR count). The zero-order valence-electron chi connectivity index (χ0n) is 15.6. The third-order valence-corrected chi connectivity index (χ3v) is 7.80. The molecule has 2 aliphatic heterocycles. The molecule has 0 amide bonds. The normalized spacial score (nSPS) is 22.0. The lowest BCUT2D eigenvalue weighted by molar-refractivity contribution is -0.979. The third-order valence-electron chi connectivity index (χ3n) is 5.97. The number of nitrogens with one attached hydrogen (secondary N) is 2. The van der Waals surface area contributed by atoms with Crippen LogP contribution in [0.25, 0.3) is 0 Å². The number of benzene rings is 1. The lowest BCUT2D eigenvalue weighted by Gasteiger charge is -2.34. The predicted molar refractivity (Wildman–Crippen MR) is 101 cm³/mol. The van der Waals surface area contributed by atoms with Gasteiger partial charge in [-0.15, -0.1) is 0 Å². The van der Waals surface area contributed by atoms with Crippen LogP contribution >= 0.6 is 0 Å². The molecule has 0 aromatic heterocycles. The molecule has 1 aromatic carbocycles. The van der Waals surface area contributed by atoms with Gasteiger partial charge in [-0.3, -0.25) is 0 Å². The first kappa shape index (κ1) is 18.9. The summed E-state index contributed by atoms with van der Waals surface area (Å²) in [6, 6.07) is 7.61. The van der Waals surface area contributed by atoms with Crippen LogP contribution in [0.5, 0.6) is 0 Å². The molecule has 4 nitrogen and oxygen atoms in total. The Morgan fingerprint density at radius 2 is 1.44 bits per heavy atom. The largest absolute Gasteiger partial charge is 0.330 e. The maximum absolute atomic E-state index is 13.0. The van der Waals surface area contributed by atoms with Gasteiger partial charge in [0.25, 0.3) is 0 Å². The Kier molecular flexibility index (Phi) is 6.53. The summed E-state index contributed by atoms with van der Waals surface area (Å²) in [4.78, 5) is 3.64.